The van der Waals surface area contributed by atoms with Crippen LogP contribution in [0.25, 0.3) is 0 Å². The van der Waals surface area contributed by atoms with E-state index in [2.05, 4.69) is 4.90 Å². The van der Waals surface area contributed by atoms with Crippen LogP contribution in [-0.2, 0) is 19.6 Å². The van der Waals surface area contributed by atoms with Crippen molar-refractivity contribution >= 4 is 0 Å². The highest BCUT2D eigenvalue weighted by molar-refractivity contribution is 5.48. The summed E-state index contributed by atoms with van der Waals surface area (Å²) in [7, 11) is 3.27. The highest BCUT2D eigenvalue weighted by Gasteiger charge is 2.32. The number of fused-ring (bicyclic) bond motifs is 1. The molecule has 6 nitrogen and oxygen atoms in total. The molecule has 0 aromatic heterocycles. The zero-order valence-corrected chi connectivity index (χ0v) is 19.7. The van der Waals surface area contributed by atoms with Crippen molar-refractivity contribution in [3.05, 3.63) is 94.5 Å². The maximum absolute atomic E-state index is 11.4. The van der Waals surface area contributed by atoms with Crippen LogP contribution < -0.4 is 9.47 Å². The molecule has 4 rings (SSSR count). The third kappa shape index (κ3) is 5.26. The van der Waals surface area contributed by atoms with Crippen LogP contribution in [0.2, 0.25) is 0 Å². The van der Waals surface area contributed by atoms with Crippen LogP contribution in [0, 0.1) is 0 Å². The summed E-state index contributed by atoms with van der Waals surface area (Å²) in [5.41, 5.74) is 4.77. The molecular formula is C28H33NO5. The van der Waals surface area contributed by atoms with E-state index in [0.29, 0.717) is 24.4 Å². The summed E-state index contributed by atoms with van der Waals surface area (Å²) in [5, 5.41) is 32.0. The smallest absolute Gasteiger partial charge is 0.161 e. The lowest BCUT2D eigenvalue weighted by Gasteiger charge is -2.35. The molecule has 3 N–H and O–H groups in total. The summed E-state index contributed by atoms with van der Waals surface area (Å²) in [4.78, 5) is 2.22. The second-order valence-corrected chi connectivity index (χ2v) is 8.81. The van der Waals surface area contributed by atoms with Crippen LogP contribution in [0.15, 0.2) is 66.7 Å². The highest BCUT2D eigenvalue weighted by atomic mass is 16.5. The number of methoxy groups -OCH3 is 2. The van der Waals surface area contributed by atoms with Gasteiger partial charge in [-0.1, -0.05) is 54.6 Å². The minimum Gasteiger partial charge on any atom is -0.493 e. The van der Waals surface area contributed by atoms with Crippen molar-refractivity contribution in [1.29, 1.82) is 0 Å². The maximum atomic E-state index is 11.4. The Morgan fingerprint density at radius 2 is 1.50 bits per heavy atom. The Hall–Kier alpha value is -2.90. The van der Waals surface area contributed by atoms with Crippen molar-refractivity contribution in [2.45, 2.75) is 37.7 Å². The van der Waals surface area contributed by atoms with Crippen molar-refractivity contribution in [2.24, 2.45) is 0 Å². The van der Waals surface area contributed by atoms with Crippen LogP contribution in [0.3, 0.4) is 0 Å². The first-order chi connectivity index (χ1) is 16.5. The Balaban J connectivity index is 1.55. The van der Waals surface area contributed by atoms with E-state index in [1.165, 1.54) is 5.56 Å². The number of aliphatic hydroxyl groups is 3. The number of rotatable bonds is 9. The summed E-state index contributed by atoms with van der Waals surface area (Å²) in [6.07, 6.45) is -0.813. The van der Waals surface area contributed by atoms with E-state index in [1.54, 1.807) is 26.4 Å². The first-order valence-electron chi connectivity index (χ1n) is 11.6. The Labute approximate surface area is 201 Å². The van der Waals surface area contributed by atoms with Gasteiger partial charge in [-0.25, -0.2) is 0 Å². The topological polar surface area (TPSA) is 82.4 Å². The number of benzene rings is 3. The fourth-order valence-corrected chi connectivity index (χ4v) is 4.79. The predicted octanol–water partition coefficient (Wildman–Crippen LogP) is 3.43. The van der Waals surface area contributed by atoms with Gasteiger partial charge < -0.3 is 24.8 Å². The van der Waals surface area contributed by atoms with Gasteiger partial charge in [0.25, 0.3) is 0 Å². The van der Waals surface area contributed by atoms with Crippen LogP contribution in [0.1, 0.15) is 39.8 Å². The molecule has 0 saturated heterocycles. The first-order valence-corrected chi connectivity index (χ1v) is 11.6. The molecule has 0 amide bonds. The molecule has 0 saturated carbocycles. The largest absolute Gasteiger partial charge is 0.493 e. The zero-order chi connectivity index (χ0) is 24.1. The summed E-state index contributed by atoms with van der Waals surface area (Å²) in [6, 6.07) is 21.0. The first kappa shape index (κ1) is 24.2. The lowest BCUT2D eigenvalue weighted by Crippen LogP contribution is -2.40. The van der Waals surface area contributed by atoms with Gasteiger partial charge in [-0.05, 0) is 46.4 Å². The van der Waals surface area contributed by atoms with Crippen molar-refractivity contribution in [3.63, 3.8) is 0 Å². The van der Waals surface area contributed by atoms with E-state index in [1.807, 2.05) is 54.6 Å². The van der Waals surface area contributed by atoms with Crippen LogP contribution in [0.5, 0.6) is 11.5 Å². The molecule has 0 radical (unpaired) electrons. The van der Waals surface area contributed by atoms with E-state index in [9.17, 15) is 15.3 Å². The average molecular weight is 464 g/mol. The number of hydrogen-bond donors (Lipinski definition) is 3. The number of β-amino-alcohol motifs (C(OH)–C–C–N with tert-alkyl or cyclic N) is 1. The third-order valence-electron chi connectivity index (χ3n) is 6.69. The SMILES string of the molecule is COc1cc2c(cc1OC)CN(CC(O)C(c1ccccc1)C(O)c1ccc(CO)cc1)CC2. The van der Waals surface area contributed by atoms with Gasteiger partial charge >= 0.3 is 0 Å². The van der Waals surface area contributed by atoms with Crippen molar-refractivity contribution in [3.8, 4) is 11.5 Å². The van der Waals surface area contributed by atoms with E-state index in [0.717, 1.165) is 35.4 Å². The molecular weight excluding hydrogens is 430 g/mol. The molecule has 0 bridgehead atoms. The fraction of sp³-hybridized carbons (Fsp3) is 0.357. The lowest BCUT2D eigenvalue weighted by molar-refractivity contribution is 0.0263. The van der Waals surface area contributed by atoms with Gasteiger partial charge in [0.05, 0.1) is 33.0 Å². The summed E-state index contributed by atoms with van der Waals surface area (Å²) >= 11 is 0. The van der Waals surface area contributed by atoms with E-state index < -0.39 is 18.1 Å². The van der Waals surface area contributed by atoms with Gasteiger partial charge in [0.2, 0.25) is 0 Å². The van der Waals surface area contributed by atoms with Crippen LogP contribution in [-0.4, -0.2) is 53.6 Å². The quantitative estimate of drug-likeness (QED) is 0.451. The van der Waals surface area contributed by atoms with Crippen molar-refractivity contribution in [2.75, 3.05) is 27.3 Å². The van der Waals surface area contributed by atoms with Gasteiger partial charge in [0.1, 0.15) is 0 Å². The Bertz CT molecular complexity index is 1070. The second-order valence-electron chi connectivity index (χ2n) is 8.81. The van der Waals surface area contributed by atoms with Crippen molar-refractivity contribution in [1.82, 2.24) is 4.90 Å². The second kappa shape index (κ2) is 11.0. The Kier molecular flexibility index (Phi) is 7.85. The molecule has 1 heterocycles. The number of aliphatic hydroxyl groups excluding tert-OH is 3. The molecule has 6 heteroatoms. The van der Waals surface area contributed by atoms with Gasteiger partial charge in [-0.3, -0.25) is 4.90 Å². The van der Waals surface area contributed by atoms with E-state index in [4.69, 9.17) is 9.47 Å². The molecule has 3 unspecified atom stereocenters. The molecule has 1 aliphatic heterocycles. The minimum absolute atomic E-state index is 0.0474. The standard InChI is InChI=1S/C28H33NO5/c1-33-25-14-22-12-13-29(16-23(22)15-26(25)34-2)17-24(31)27(20-6-4-3-5-7-20)28(32)21-10-8-19(18-30)9-11-21/h3-11,14-15,24,27-28,30-32H,12-13,16-18H2,1-2H3. The Morgan fingerprint density at radius 1 is 0.853 bits per heavy atom. The Morgan fingerprint density at radius 3 is 2.12 bits per heavy atom. The number of nitrogens with zero attached hydrogens (tertiary/aromatic N) is 1. The maximum Gasteiger partial charge on any atom is 0.161 e. The minimum atomic E-state index is -0.883. The lowest BCUT2D eigenvalue weighted by atomic mass is 9.84. The molecule has 34 heavy (non-hydrogen) atoms. The molecule has 0 fully saturated rings. The molecule has 1 aliphatic rings. The molecule has 3 aromatic carbocycles. The van der Waals surface area contributed by atoms with Gasteiger partial charge in [-0.2, -0.15) is 0 Å². The monoisotopic (exact) mass is 463 g/mol. The van der Waals surface area contributed by atoms with Gasteiger partial charge in [0, 0.05) is 25.6 Å². The van der Waals surface area contributed by atoms with Crippen molar-refractivity contribution < 1.29 is 24.8 Å². The molecule has 180 valence electrons. The molecule has 0 aliphatic carbocycles. The van der Waals surface area contributed by atoms with E-state index >= 15 is 0 Å². The predicted molar refractivity (Wildman–Crippen MR) is 131 cm³/mol. The van der Waals surface area contributed by atoms with Crippen LogP contribution in [0.4, 0.5) is 0 Å². The van der Waals surface area contributed by atoms with Crippen LogP contribution >= 0.6 is 0 Å². The molecule has 3 atom stereocenters. The average Bonchev–Trinajstić information content (AvgIpc) is 2.88. The number of hydrogen-bond acceptors (Lipinski definition) is 6. The summed E-state index contributed by atoms with van der Waals surface area (Å²) in [5.74, 6) is 0.940. The van der Waals surface area contributed by atoms with Gasteiger partial charge in [0.15, 0.2) is 11.5 Å². The third-order valence-corrected chi connectivity index (χ3v) is 6.69. The normalized spacial score (nSPS) is 16.4. The summed E-state index contributed by atoms with van der Waals surface area (Å²) < 4.78 is 10.9. The van der Waals surface area contributed by atoms with Gasteiger partial charge in [-0.15, -0.1) is 0 Å². The van der Waals surface area contributed by atoms with E-state index in [-0.39, 0.29) is 6.61 Å². The zero-order valence-electron chi connectivity index (χ0n) is 19.7. The molecule has 0 spiro atoms. The molecule has 3 aromatic rings. The summed E-state index contributed by atoms with van der Waals surface area (Å²) in [6.45, 7) is 1.88. The highest BCUT2D eigenvalue weighted by Crippen LogP contribution is 2.36. The fourth-order valence-electron chi connectivity index (χ4n) is 4.79. The number of ether oxygens (including phenoxy) is 2.